The molecule has 0 amide bonds. The van der Waals surface area contributed by atoms with Gasteiger partial charge >= 0.3 is 0 Å². The van der Waals surface area contributed by atoms with E-state index in [1.165, 1.54) is 44.2 Å². The Bertz CT molecular complexity index is 447. The molecule has 1 N–H and O–H groups in total. The fraction of sp³-hybridized carbons (Fsp3) is 0.692. The third-order valence-corrected chi connectivity index (χ3v) is 3.99. The van der Waals surface area contributed by atoms with Gasteiger partial charge < -0.3 is 5.32 Å². The van der Waals surface area contributed by atoms with E-state index in [0.717, 1.165) is 18.7 Å². The van der Waals surface area contributed by atoms with E-state index in [0.29, 0.717) is 11.7 Å². The number of nitrogens with one attached hydrogen (secondary N) is 1. The number of hydrogen-bond acceptors (Lipinski definition) is 3. The number of fused-ring (bicyclic) bond motifs is 1. The van der Waals surface area contributed by atoms with E-state index in [-0.39, 0.29) is 0 Å². The van der Waals surface area contributed by atoms with Crippen LogP contribution in [-0.4, -0.2) is 9.78 Å². The van der Waals surface area contributed by atoms with Crippen LogP contribution in [0.5, 0.6) is 0 Å². The maximum absolute atomic E-state index is 9.12. The molecule has 4 heteroatoms. The Kier molecular flexibility index (Phi) is 2.86. The molecule has 0 radical (unpaired) electrons. The van der Waals surface area contributed by atoms with Crippen LogP contribution in [0.1, 0.15) is 61.5 Å². The van der Waals surface area contributed by atoms with Crippen LogP contribution in [0, 0.1) is 11.3 Å². The first-order chi connectivity index (χ1) is 8.40. The number of nitriles is 1. The molecule has 3 rings (SSSR count). The molecule has 2 aliphatic rings. The highest BCUT2D eigenvalue weighted by Crippen LogP contribution is 2.30. The first kappa shape index (κ1) is 10.8. The van der Waals surface area contributed by atoms with E-state index in [2.05, 4.69) is 21.2 Å². The Balaban J connectivity index is 1.94. The molecule has 0 atom stereocenters. The normalized spacial score (nSPS) is 20.9. The lowest BCUT2D eigenvalue weighted by Crippen LogP contribution is -2.15. The molecule has 90 valence electrons. The zero-order chi connectivity index (χ0) is 11.7. The van der Waals surface area contributed by atoms with Crippen molar-refractivity contribution in [3.8, 4) is 6.07 Å². The second-order valence-corrected chi connectivity index (χ2v) is 5.08. The summed E-state index contributed by atoms with van der Waals surface area (Å²) in [5.74, 6) is 0. The lowest BCUT2D eigenvalue weighted by atomic mass is 10.1. The van der Waals surface area contributed by atoms with Crippen LogP contribution in [-0.2, 0) is 13.1 Å². The summed E-state index contributed by atoms with van der Waals surface area (Å²) in [4.78, 5) is 0. The van der Waals surface area contributed by atoms with Crippen molar-refractivity contribution in [1.82, 2.24) is 15.1 Å². The zero-order valence-electron chi connectivity index (χ0n) is 10.1. The Morgan fingerprint density at radius 2 is 1.94 bits per heavy atom. The van der Waals surface area contributed by atoms with E-state index >= 15 is 0 Å². The fourth-order valence-electron chi connectivity index (χ4n) is 3.08. The minimum atomic E-state index is 0.522. The van der Waals surface area contributed by atoms with Gasteiger partial charge in [-0.25, -0.2) is 0 Å². The van der Waals surface area contributed by atoms with Crippen molar-refractivity contribution < 1.29 is 0 Å². The molecule has 0 spiro atoms. The Labute approximate surface area is 102 Å². The molecule has 0 bridgehead atoms. The van der Waals surface area contributed by atoms with Gasteiger partial charge in [-0.2, -0.15) is 10.4 Å². The van der Waals surface area contributed by atoms with Gasteiger partial charge in [0.1, 0.15) is 6.07 Å². The Morgan fingerprint density at radius 1 is 1.18 bits per heavy atom. The lowest BCUT2D eigenvalue weighted by molar-refractivity contribution is 0.391. The minimum Gasteiger partial charge on any atom is -0.307 e. The standard InChI is InChI=1S/C13H18N4/c14-7-12-11-8-15-9-13(11)17(16-12)10-5-3-1-2-4-6-10/h10,15H,1-6,8-9H2. The molecule has 1 aliphatic heterocycles. The first-order valence-electron chi connectivity index (χ1n) is 6.61. The lowest BCUT2D eigenvalue weighted by Gasteiger charge is -2.17. The topological polar surface area (TPSA) is 53.6 Å². The van der Waals surface area contributed by atoms with Gasteiger partial charge in [-0.3, -0.25) is 4.68 Å². The molecular weight excluding hydrogens is 212 g/mol. The van der Waals surface area contributed by atoms with Crippen LogP contribution >= 0.6 is 0 Å². The van der Waals surface area contributed by atoms with Gasteiger partial charge in [-0.1, -0.05) is 25.7 Å². The average molecular weight is 230 g/mol. The highest BCUT2D eigenvalue weighted by atomic mass is 15.3. The molecule has 1 aromatic heterocycles. The minimum absolute atomic E-state index is 0.522. The second-order valence-electron chi connectivity index (χ2n) is 5.08. The van der Waals surface area contributed by atoms with E-state index in [1.54, 1.807) is 0 Å². The molecule has 0 aromatic carbocycles. The number of rotatable bonds is 1. The van der Waals surface area contributed by atoms with Crippen LogP contribution in [0.25, 0.3) is 0 Å². The van der Waals surface area contributed by atoms with Gasteiger partial charge in [0, 0.05) is 18.7 Å². The number of nitrogens with zero attached hydrogens (tertiary/aromatic N) is 3. The predicted octanol–water partition coefficient (Wildman–Crippen LogP) is 2.25. The van der Waals surface area contributed by atoms with Gasteiger partial charge in [0.25, 0.3) is 0 Å². The molecule has 4 nitrogen and oxygen atoms in total. The number of hydrogen-bond donors (Lipinski definition) is 1. The monoisotopic (exact) mass is 230 g/mol. The van der Waals surface area contributed by atoms with Crippen LogP contribution in [0.2, 0.25) is 0 Å². The summed E-state index contributed by atoms with van der Waals surface area (Å²) in [6.45, 7) is 1.69. The number of aromatic nitrogens is 2. The van der Waals surface area contributed by atoms with E-state index in [4.69, 9.17) is 5.26 Å². The summed E-state index contributed by atoms with van der Waals surface area (Å²) in [7, 11) is 0. The molecule has 1 aromatic rings. The van der Waals surface area contributed by atoms with Gasteiger partial charge in [0.2, 0.25) is 0 Å². The summed E-state index contributed by atoms with van der Waals surface area (Å²) in [5, 5.41) is 17.0. The first-order valence-corrected chi connectivity index (χ1v) is 6.61. The second kappa shape index (κ2) is 4.50. The molecule has 1 fully saturated rings. The SMILES string of the molecule is N#Cc1nn(C2CCCCCC2)c2c1CNC2. The summed E-state index contributed by atoms with van der Waals surface area (Å²) in [6, 6.07) is 2.75. The van der Waals surface area contributed by atoms with E-state index in [1.807, 2.05) is 0 Å². The van der Waals surface area contributed by atoms with Gasteiger partial charge in [-0.05, 0) is 12.8 Å². The van der Waals surface area contributed by atoms with Crippen molar-refractivity contribution in [3.63, 3.8) is 0 Å². The Hall–Kier alpha value is -1.34. The van der Waals surface area contributed by atoms with Crippen molar-refractivity contribution in [2.75, 3.05) is 0 Å². The quantitative estimate of drug-likeness (QED) is 0.753. The average Bonchev–Trinajstić information content (AvgIpc) is 2.83. The van der Waals surface area contributed by atoms with Gasteiger partial charge in [0.05, 0.1) is 11.7 Å². The molecule has 17 heavy (non-hydrogen) atoms. The summed E-state index contributed by atoms with van der Waals surface area (Å²) >= 11 is 0. The molecule has 2 heterocycles. The fourth-order valence-corrected chi connectivity index (χ4v) is 3.08. The summed E-state index contributed by atoms with van der Waals surface area (Å²) < 4.78 is 2.15. The third kappa shape index (κ3) is 1.85. The predicted molar refractivity (Wildman–Crippen MR) is 64.2 cm³/mol. The van der Waals surface area contributed by atoms with Crippen molar-refractivity contribution in [2.45, 2.75) is 57.7 Å². The third-order valence-electron chi connectivity index (χ3n) is 3.99. The molecular formula is C13H18N4. The zero-order valence-corrected chi connectivity index (χ0v) is 10.1. The van der Waals surface area contributed by atoms with Gasteiger partial charge in [0.15, 0.2) is 5.69 Å². The summed E-state index contributed by atoms with van der Waals surface area (Å²) in [6.07, 6.45) is 7.74. The van der Waals surface area contributed by atoms with Crippen LogP contribution in [0.15, 0.2) is 0 Å². The van der Waals surface area contributed by atoms with Crippen LogP contribution < -0.4 is 5.32 Å². The van der Waals surface area contributed by atoms with E-state index < -0.39 is 0 Å². The van der Waals surface area contributed by atoms with Crippen molar-refractivity contribution in [3.05, 3.63) is 17.0 Å². The molecule has 1 saturated carbocycles. The van der Waals surface area contributed by atoms with Crippen LogP contribution in [0.4, 0.5) is 0 Å². The van der Waals surface area contributed by atoms with Crippen molar-refractivity contribution in [2.24, 2.45) is 0 Å². The molecule has 1 aliphatic carbocycles. The Morgan fingerprint density at radius 3 is 2.65 bits per heavy atom. The van der Waals surface area contributed by atoms with Gasteiger partial charge in [-0.15, -0.1) is 0 Å². The molecule has 0 unspecified atom stereocenters. The van der Waals surface area contributed by atoms with Crippen molar-refractivity contribution in [1.29, 1.82) is 5.26 Å². The van der Waals surface area contributed by atoms with E-state index in [9.17, 15) is 0 Å². The van der Waals surface area contributed by atoms with Crippen molar-refractivity contribution >= 4 is 0 Å². The highest BCUT2D eigenvalue weighted by molar-refractivity contribution is 5.37. The smallest absolute Gasteiger partial charge is 0.167 e. The highest BCUT2D eigenvalue weighted by Gasteiger charge is 2.26. The maximum Gasteiger partial charge on any atom is 0.167 e. The van der Waals surface area contributed by atoms with Crippen LogP contribution in [0.3, 0.4) is 0 Å². The maximum atomic E-state index is 9.12. The summed E-state index contributed by atoms with van der Waals surface area (Å²) in [5.41, 5.74) is 3.03. The molecule has 0 saturated heterocycles. The largest absolute Gasteiger partial charge is 0.307 e.